The van der Waals surface area contributed by atoms with Crippen LogP contribution in [-0.2, 0) is 22.4 Å². The number of fused-ring (bicyclic) bond motifs is 7. The highest BCUT2D eigenvalue weighted by molar-refractivity contribution is 6.04. The van der Waals surface area contributed by atoms with Gasteiger partial charge in [-0.3, -0.25) is 14.4 Å². The van der Waals surface area contributed by atoms with E-state index in [1.54, 1.807) is 4.90 Å². The van der Waals surface area contributed by atoms with Crippen LogP contribution in [0.2, 0.25) is 0 Å². The van der Waals surface area contributed by atoms with E-state index in [0.29, 0.717) is 18.4 Å². The van der Waals surface area contributed by atoms with Crippen LogP contribution in [0.25, 0.3) is 10.9 Å². The van der Waals surface area contributed by atoms with Gasteiger partial charge in [-0.2, -0.15) is 0 Å². The monoisotopic (exact) mass is 546 g/mol. The summed E-state index contributed by atoms with van der Waals surface area (Å²) in [5.41, 5.74) is 5.50. The number of hydrogen-bond donors (Lipinski definition) is 3. The smallest absolute Gasteiger partial charge is 0.255 e. The number of aromatic nitrogens is 1. The van der Waals surface area contributed by atoms with E-state index in [4.69, 9.17) is 0 Å². The highest BCUT2D eigenvalue weighted by Gasteiger charge is 2.49. The summed E-state index contributed by atoms with van der Waals surface area (Å²) in [5, 5.41) is 7.38. The molecule has 0 bridgehead atoms. The zero-order valence-electron chi connectivity index (χ0n) is 22.9. The van der Waals surface area contributed by atoms with Crippen molar-refractivity contribution in [2.45, 2.75) is 69.1 Å². The second-order valence-electron chi connectivity index (χ2n) is 11.6. The van der Waals surface area contributed by atoms with Crippen molar-refractivity contribution in [1.29, 1.82) is 0 Å². The van der Waals surface area contributed by atoms with Crippen LogP contribution in [0.4, 0.5) is 0 Å². The zero-order valence-corrected chi connectivity index (χ0v) is 22.9. The Balaban J connectivity index is 1.22. The predicted octanol–water partition coefficient (Wildman–Crippen LogP) is 4.81. The Hall–Kier alpha value is -4.39. The Morgan fingerprint density at radius 1 is 0.902 bits per heavy atom. The summed E-state index contributed by atoms with van der Waals surface area (Å²) >= 11 is 0. The second-order valence-corrected chi connectivity index (χ2v) is 11.6. The summed E-state index contributed by atoms with van der Waals surface area (Å²) in [6.45, 7) is 0. The lowest BCUT2D eigenvalue weighted by molar-refractivity contribution is -0.132. The molecule has 3 atom stereocenters. The Bertz CT molecular complexity index is 1620. The molecule has 3 amide bonds. The average molecular weight is 547 g/mol. The van der Waals surface area contributed by atoms with Gasteiger partial charge < -0.3 is 20.5 Å². The van der Waals surface area contributed by atoms with E-state index >= 15 is 0 Å². The van der Waals surface area contributed by atoms with Crippen LogP contribution in [-0.4, -0.2) is 45.7 Å². The number of hydrogen-bond acceptors (Lipinski definition) is 3. The molecule has 3 N–H and O–H groups in total. The van der Waals surface area contributed by atoms with Gasteiger partial charge in [0, 0.05) is 41.0 Å². The van der Waals surface area contributed by atoms with Crippen molar-refractivity contribution < 1.29 is 14.4 Å². The molecule has 7 rings (SSSR count). The van der Waals surface area contributed by atoms with Gasteiger partial charge in [-0.25, -0.2) is 0 Å². The number of nitrogens with zero attached hydrogens (tertiary/aromatic N) is 1. The van der Waals surface area contributed by atoms with Crippen LogP contribution in [0.1, 0.15) is 70.9 Å². The lowest BCUT2D eigenvalue weighted by Gasteiger charge is -2.38. The normalized spacial score (nSPS) is 20.7. The van der Waals surface area contributed by atoms with Gasteiger partial charge >= 0.3 is 0 Å². The molecule has 41 heavy (non-hydrogen) atoms. The molecule has 3 heterocycles. The standard InChI is InChI=1S/C34H34N4O3/c39-32(35-22-13-5-2-6-14-22)28(19-21-11-3-1-4-12-21)37-33(40)29-20-26-23-15-9-10-18-27(23)36-30(26)31-24-16-7-8-17-25(24)34(41)38(29)31/h1,3-4,7-12,15-18,22,28-29,31,36H,2,5-6,13-14,19-20H2,(H,35,39)(H,37,40)/t28-,29-,31-/m0/s1. The van der Waals surface area contributed by atoms with E-state index in [0.717, 1.165) is 59.0 Å². The van der Waals surface area contributed by atoms with Crippen molar-refractivity contribution in [1.82, 2.24) is 20.5 Å². The minimum absolute atomic E-state index is 0.133. The molecular weight excluding hydrogens is 512 g/mol. The summed E-state index contributed by atoms with van der Waals surface area (Å²) in [6.07, 6.45) is 6.10. The maximum absolute atomic E-state index is 14.2. The summed E-state index contributed by atoms with van der Waals surface area (Å²) < 4.78 is 0. The molecule has 0 radical (unpaired) electrons. The number of nitrogens with one attached hydrogen (secondary N) is 3. The molecule has 7 nitrogen and oxygen atoms in total. The minimum atomic E-state index is -0.743. The van der Waals surface area contributed by atoms with Crippen molar-refractivity contribution in [3.8, 4) is 0 Å². The molecule has 2 aliphatic heterocycles. The zero-order chi connectivity index (χ0) is 27.9. The molecule has 0 spiro atoms. The molecule has 1 fully saturated rings. The fourth-order valence-corrected chi connectivity index (χ4v) is 7.01. The molecule has 0 saturated heterocycles. The molecule has 3 aliphatic rings. The summed E-state index contributed by atoms with van der Waals surface area (Å²) in [4.78, 5) is 46.9. The largest absolute Gasteiger partial charge is 0.356 e. The molecule has 1 aliphatic carbocycles. The first kappa shape index (κ1) is 25.6. The topological polar surface area (TPSA) is 94.3 Å². The van der Waals surface area contributed by atoms with Gasteiger partial charge in [0.1, 0.15) is 12.1 Å². The van der Waals surface area contributed by atoms with Crippen LogP contribution in [0.5, 0.6) is 0 Å². The predicted molar refractivity (Wildman–Crippen MR) is 157 cm³/mol. The third kappa shape index (κ3) is 4.59. The molecule has 7 heteroatoms. The third-order valence-corrected chi connectivity index (χ3v) is 9.02. The lowest BCUT2D eigenvalue weighted by Crippen LogP contribution is -2.57. The Morgan fingerprint density at radius 2 is 1.63 bits per heavy atom. The van der Waals surface area contributed by atoms with E-state index in [-0.39, 0.29) is 29.8 Å². The molecule has 208 valence electrons. The number of benzene rings is 3. The Morgan fingerprint density at radius 3 is 2.46 bits per heavy atom. The lowest BCUT2D eigenvalue weighted by atomic mass is 9.89. The number of rotatable bonds is 6. The maximum atomic E-state index is 14.2. The number of carbonyl (C=O) groups excluding carboxylic acids is 3. The van der Waals surface area contributed by atoms with Crippen LogP contribution in [0, 0.1) is 0 Å². The first-order valence-electron chi connectivity index (χ1n) is 14.7. The summed E-state index contributed by atoms with van der Waals surface area (Å²) in [7, 11) is 0. The van der Waals surface area contributed by atoms with E-state index in [1.807, 2.05) is 72.8 Å². The van der Waals surface area contributed by atoms with E-state index in [1.165, 1.54) is 6.42 Å². The van der Waals surface area contributed by atoms with Gasteiger partial charge in [0.05, 0.1) is 6.04 Å². The van der Waals surface area contributed by atoms with Crippen LogP contribution < -0.4 is 10.6 Å². The van der Waals surface area contributed by atoms with Gasteiger partial charge in [-0.05, 0) is 41.7 Å². The summed E-state index contributed by atoms with van der Waals surface area (Å²) in [6, 6.07) is 23.7. The van der Waals surface area contributed by atoms with E-state index in [2.05, 4.69) is 21.7 Å². The van der Waals surface area contributed by atoms with Crippen LogP contribution in [0.3, 0.4) is 0 Å². The SMILES string of the molecule is O=C(NC1CCCCC1)[C@H](Cc1ccccc1)NC(=O)[C@@H]1Cc2c([nH]c3ccccc23)[C@@H]2c3ccccc3C(=O)N21. The number of carbonyl (C=O) groups is 3. The molecule has 4 aromatic rings. The average Bonchev–Trinajstić information content (AvgIpc) is 3.53. The quantitative estimate of drug-likeness (QED) is 0.324. The molecule has 0 unspecified atom stereocenters. The fourth-order valence-electron chi connectivity index (χ4n) is 7.01. The van der Waals surface area contributed by atoms with Crippen molar-refractivity contribution in [3.05, 3.63) is 107 Å². The van der Waals surface area contributed by atoms with Crippen molar-refractivity contribution in [2.75, 3.05) is 0 Å². The van der Waals surface area contributed by atoms with Crippen LogP contribution >= 0.6 is 0 Å². The molecule has 1 aromatic heterocycles. The molecule has 1 saturated carbocycles. The maximum Gasteiger partial charge on any atom is 0.255 e. The van der Waals surface area contributed by atoms with E-state index < -0.39 is 12.1 Å². The third-order valence-electron chi connectivity index (χ3n) is 9.02. The minimum Gasteiger partial charge on any atom is -0.356 e. The Kier molecular flexibility index (Phi) is 6.57. The van der Waals surface area contributed by atoms with Gasteiger partial charge in [0.25, 0.3) is 5.91 Å². The second kappa shape index (κ2) is 10.5. The van der Waals surface area contributed by atoms with E-state index in [9.17, 15) is 14.4 Å². The molecule has 3 aromatic carbocycles. The number of para-hydroxylation sites is 1. The van der Waals surface area contributed by atoms with Gasteiger partial charge in [0.2, 0.25) is 11.8 Å². The van der Waals surface area contributed by atoms with Crippen LogP contribution in [0.15, 0.2) is 78.9 Å². The Labute approximate surface area is 239 Å². The van der Waals surface area contributed by atoms with Crippen molar-refractivity contribution in [2.24, 2.45) is 0 Å². The fraction of sp³-hybridized carbons (Fsp3) is 0.324. The van der Waals surface area contributed by atoms with Crippen molar-refractivity contribution in [3.63, 3.8) is 0 Å². The van der Waals surface area contributed by atoms with Gasteiger partial charge in [-0.15, -0.1) is 0 Å². The highest BCUT2D eigenvalue weighted by atomic mass is 16.2. The number of aromatic amines is 1. The first-order chi connectivity index (χ1) is 20.1. The van der Waals surface area contributed by atoms with Gasteiger partial charge in [0.15, 0.2) is 0 Å². The molecular formula is C34H34N4O3. The van der Waals surface area contributed by atoms with Crippen molar-refractivity contribution >= 4 is 28.6 Å². The van der Waals surface area contributed by atoms with Gasteiger partial charge in [-0.1, -0.05) is 86.0 Å². The highest BCUT2D eigenvalue weighted by Crippen LogP contribution is 2.46. The summed E-state index contributed by atoms with van der Waals surface area (Å²) in [5.74, 6) is -0.613. The number of H-pyrrole nitrogens is 1. The number of amides is 3. The first-order valence-corrected chi connectivity index (χ1v) is 14.7.